The first-order valence-electron chi connectivity index (χ1n) is 16.1. The number of carbonyl (C=O) groups excluding carboxylic acids is 1. The normalized spacial score (nSPS) is 50.7. The van der Waals surface area contributed by atoms with E-state index >= 15 is 0 Å². The zero-order valence-electron chi connectivity index (χ0n) is 24.8. The maximum Gasteiger partial charge on any atom is 0.407 e. The second kappa shape index (κ2) is 8.58. The summed E-state index contributed by atoms with van der Waals surface area (Å²) in [6, 6.07) is 0.210. The third kappa shape index (κ3) is 3.71. The molecule has 2 saturated heterocycles. The fraction of sp³-hybridized carbons (Fsp3) is 0.969. The highest BCUT2D eigenvalue weighted by Gasteiger charge is 2.81. The third-order valence-corrected chi connectivity index (χ3v) is 14.0. The molecule has 0 aromatic carbocycles. The number of nitrogens with one attached hydrogen (secondary N) is 2. The Balaban J connectivity index is 1.07. The number of aliphatic hydroxyl groups excluding tert-OH is 1. The van der Waals surface area contributed by atoms with Gasteiger partial charge in [0.15, 0.2) is 0 Å². The van der Waals surface area contributed by atoms with Gasteiger partial charge in [0.2, 0.25) is 0 Å². The van der Waals surface area contributed by atoms with E-state index < -0.39 is 11.7 Å². The summed E-state index contributed by atoms with van der Waals surface area (Å²) in [5.74, 6) is 2.65. The van der Waals surface area contributed by atoms with E-state index in [4.69, 9.17) is 9.47 Å². The molecule has 7 heteroatoms. The van der Waals surface area contributed by atoms with Crippen LogP contribution in [0.25, 0.3) is 0 Å². The molecular formula is C32H52N2O5. The predicted octanol–water partition coefficient (Wildman–Crippen LogP) is 4.39. The van der Waals surface area contributed by atoms with E-state index in [-0.39, 0.29) is 35.9 Å². The molecular weight excluding hydrogens is 492 g/mol. The van der Waals surface area contributed by atoms with Crippen molar-refractivity contribution in [1.82, 2.24) is 10.6 Å². The fourth-order valence-electron chi connectivity index (χ4n) is 11.9. The number of hydrogen-bond acceptors (Lipinski definition) is 6. The summed E-state index contributed by atoms with van der Waals surface area (Å²) in [4.78, 5) is 12.7. The van der Waals surface area contributed by atoms with Crippen molar-refractivity contribution in [3.8, 4) is 0 Å². The molecule has 2 aliphatic heterocycles. The highest BCUT2D eigenvalue weighted by atomic mass is 16.6. The van der Waals surface area contributed by atoms with Gasteiger partial charge >= 0.3 is 6.09 Å². The number of carbonyl (C=O) groups is 1. The molecule has 1 amide bonds. The van der Waals surface area contributed by atoms with Crippen molar-refractivity contribution < 1.29 is 24.5 Å². The summed E-state index contributed by atoms with van der Waals surface area (Å²) in [5.41, 5.74) is 0.0625. The molecule has 0 bridgehead atoms. The van der Waals surface area contributed by atoms with Crippen molar-refractivity contribution in [3.05, 3.63) is 0 Å². The van der Waals surface area contributed by atoms with Crippen LogP contribution in [0.5, 0.6) is 0 Å². The highest BCUT2D eigenvalue weighted by Crippen LogP contribution is 2.87. The summed E-state index contributed by atoms with van der Waals surface area (Å²) >= 11 is 0. The first-order valence-corrected chi connectivity index (χ1v) is 16.1. The van der Waals surface area contributed by atoms with Gasteiger partial charge in [-0.1, -0.05) is 20.8 Å². The van der Waals surface area contributed by atoms with E-state index in [9.17, 15) is 15.0 Å². The van der Waals surface area contributed by atoms with Gasteiger partial charge in [-0.05, 0) is 118 Å². The van der Waals surface area contributed by atoms with Crippen molar-refractivity contribution in [2.75, 3.05) is 13.1 Å². The topological polar surface area (TPSA) is 100 Å². The molecule has 0 aromatic heterocycles. The summed E-state index contributed by atoms with van der Waals surface area (Å²) in [6.45, 7) is 12.4. The predicted molar refractivity (Wildman–Crippen MR) is 148 cm³/mol. The lowest BCUT2D eigenvalue weighted by atomic mass is 9.46. The lowest BCUT2D eigenvalue weighted by molar-refractivity contribution is -0.177. The van der Waals surface area contributed by atoms with Crippen molar-refractivity contribution in [3.63, 3.8) is 0 Å². The molecule has 2 spiro atoms. The van der Waals surface area contributed by atoms with E-state index in [1.54, 1.807) is 13.8 Å². The summed E-state index contributed by atoms with van der Waals surface area (Å²) < 4.78 is 12.8. The van der Waals surface area contributed by atoms with E-state index in [2.05, 4.69) is 31.4 Å². The summed E-state index contributed by atoms with van der Waals surface area (Å²) in [6.07, 6.45) is 10.7. The Morgan fingerprint density at radius 3 is 2.44 bits per heavy atom. The van der Waals surface area contributed by atoms with Crippen LogP contribution in [0.1, 0.15) is 98.8 Å². The molecule has 39 heavy (non-hydrogen) atoms. The lowest BCUT2D eigenvalue weighted by Gasteiger charge is -2.59. The van der Waals surface area contributed by atoms with Gasteiger partial charge in [-0.3, -0.25) is 0 Å². The number of aliphatic hydroxyl groups is 2. The minimum Gasteiger partial charge on any atom is -0.446 e. The molecule has 7 unspecified atom stereocenters. The van der Waals surface area contributed by atoms with Gasteiger partial charge in [0.25, 0.3) is 0 Å². The molecule has 0 radical (unpaired) electrons. The number of amides is 1. The highest BCUT2D eigenvalue weighted by molar-refractivity contribution is 5.68. The van der Waals surface area contributed by atoms with Crippen molar-refractivity contribution in [1.29, 1.82) is 0 Å². The standard InChI is InChI=1S/C32H52N2O5/c1-28(2)24-9-7-19-21-14-23-20(6-8-22(38-23)26(35)29(3,4)37)30(21,5)12-13-31(19)17-32(24,31)11-10-25(28)39-27(36)34-18-15-33-16-18/h18-26,33,35,37H,6-17H2,1-5H3,(H,34,36)/t19?,20?,21?,22?,23?,24?,25-,26-,30+,31-,32?/m0/s1. The Morgan fingerprint density at radius 1 is 1.00 bits per heavy atom. The smallest absolute Gasteiger partial charge is 0.407 e. The monoisotopic (exact) mass is 544 g/mol. The Kier molecular flexibility index (Phi) is 5.93. The van der Waals surface area contributed by atoms with Gasteiger partial charge in [0, 0.05) is 18.5 Å². The molecule has 7 fully saturated rings. The number of fused-ring (bicyclic) bond motifs is 4. The van der Waals surface area contributed by atoms with Gasteiger partial charge in [0.1, 0.15) is 12.2 Å². The Morgan fingerprint density at radius 2 is 1.74 bits per heavy atom. The average molecular weight is 545 g/mol. The fourth-order valence-corrected chi connectivity index (χ4v) is 11.9. The zero-order chi connectivity index (χ0) is 27.6. The van der Waals surface area contributed by atoms with Crippen molar-refractivity contribution in [2.45, 2.75) is 135 Å². The van der Waals surface area contributed by atoms with E-state index in [0.717, 1.165) is 44.7 Å². The number of alkyl carbamates (subject to hydrolysis) is 1. The first-order chi connectivity index (χ1) is 18.3. The summed E-state index contributed by atoms with van der Waals surface area (Å²) in [5, 5.41) is 27.5. The van der Waals surface area contributed by atoms with Crippen LogP contribution in [-0.2, 0) is 9.47 Å². The number of rotatable bonds is 4. The largest absolute Gasteiger partial charge is 0.446 e. The molecule has 5 saturated carbocycles. The maximum absolute atomic E-state index is 12.7. The van der Waals surface area contributed by atoms with E-state index in [1.165, 1.54) is 38.5 Å². The van der Waals surface area contributed by atoms with Gasteiger partial charge in [-0.15, -0.1) is 0 Å². The average Bonchev–Trinajstić information content (AvgIpc) is 3.42. The molecule has 7 aliphatic rings. The van der Waals surface area contributed by atoms with Gasteiger partial charge in [0.05, 0.1) is 23.9 Å². The van der Waals surface area contributed by atoms with Gasteiger partial charge in [-0.25, -0.2) is 4.79 Å². The van der Waals surface area contributed by atoms with Crippen LogP contribution < -0.4 is 10.6 Å². The second-order valence-corrected chi connectivity index (χ2v) is 16.3. The molecule has 2 heterocycles. The first kappa shape index (κ1) is 27.0. The van der Waals surface area contributed by atoms with E-state index in [1.807, 2.05) is 0 Å². The van der Waals surface area contributed by atoms with Crippen molar-refractivity contribution >= 4 is 6.09 Å². The van der Waals surface area contributed by atoms with Gasteiger partial charge in [-0.2, -0.15) is 0 Å². The number of hydrogen-bond donors (Lipinski definition) is 4. The second-order valence-electron chi connectivity index (χ2n) is 16.3. The van der Waals surface area contributed by atoms with Crippen LogP contribution in [0.3, 0.4) is 0 Å². The molecule has 5 aliphatic carbocycles. The quantitative estimate of drug-likeness (QED) is 0.419. The van der Waals surface area contributed by atoms with Crippen LogP contribution in [0.15, 0.2) is 0 Å². The molecule has 0 aromatic rings. The molecule has 7 nitrogen and oxygen atoms in total. The van der Waals surface area contributed by atoms with E-state index in [0.29, 0.717) is 34.0 Å². The van der Waals surface area contributed by atoms with Crippen LogP contribution in [0.4, 0.5) is 4.79 Å². The Labute approximate surface area is 234 Å². The van der Waals surface area contributed by atoms with Crippen LogP contribution in [0, 0.1) is 45.3 Å². The lowest BCUT2D eigenvalue weighted by Crippen LogP contribution is -2.59. The SMILES string of the molecule is CC(C)(O)[C@@H](O)C1CCC2C(CC3C4CCC5C(C)(C)[C@@H](OC(=O)NC6CNC6)CCC56C[C@@]46CC[C@]23C)O1. The van der Waals surface area contributed by atoms with Crippen LogP contribution >= 0.6 is 0 Å². The molecule has 4 N–H and O–H groups in total. The van der Waals surface area contributed by atoms with Crippen LogP contribution in [0.2, 0.25) is 0 Å². The minimum absolute atomic E-state index is 0.00406. The summed E-state index contributed by atoms with van der Waals surface area (Å²) in [7, 11) is 0. The molecule has 11 atom stereocenters. The van der Waals surface area contributed by atoms with Crippen LogP contribution in [-0.4, -0.2) is 65.5 Å². The molecule has 220 valence electrons. The van der Waals surface area contributed by atoms with Crippen molar-refractivity contribution in [2.24, 2.45) is 45.3 Å². The van der Waals surface area contributed by atoms with Gasteiger partial charge < -0.3 is 30.3 Å². The molecule has 7 rings (SSSR count). The Bertz CT molecular complexity index is 1010. The zero-order valence-corrected chi connectivity index (χ0v) is 24.8. The maximum atomic E-state index is 12.7. The third-order valence-electron chi connectivity index (χ3n) is 14.0. The minimum atomic E-state index is -1.14. The number of ether oxygens (including phenoxy) is 2. The Hall–Kier alpha value is -0.890.